The first-order valence-corrected chi connectivity index (χ1v) is 9.18. The highest BCUT2D eigenvalue weighted by molar-refractivity contribution is 5.98. The van der Waals surface area contributed by atoms with E-state index >= 15 is 0 Å². The van der Waals surface area contributed by atoms with Crippen molar-refractivity contribution in [2.75, 3.05) is 7.11 Å². The third kappa shape index (κ3) is 2.87. The maximum absolute atomic E-state index is 12.8. The van der Waals surface area contributed by atoms with E-state index in [1.54, 1.807) is 7.11 Å². The molecule has 0 aromatic carbocycles. The summed E-state index contributed by atoms with van der Waals surface area (Å²) in [6, 6.07) is 2.19. The van der Waals surface area contributed by atoms with E-state index < -0.39 is 0 Å². The monoisotopic (exact) mass is 343 g/mol. The molecule has 3 aliphatic rings. The van der Waals surface area contributed by atoms with Crippen molar-refractivity contribution in [3.8, 4) is 5.88 Å². The fraction of sp³-hybridized carbons (Fsp3) is 0.632. The largest absolute Gasteiger partial charge is 0.481 e. The van der Waals surface area contributed by atoms with Gasteiger partial charge < -0.3 is 15.0 Å². The molecule has 1 N–H and O–H groups in total. The Labute approximate surface area is 147 Å². The number of ether oxygens (including phenoxy) is 1. The molecule has 134 valence electrons. The van der Waals surface area contributed by atoms with Gasteiger partial charge in [-0.25, -0.2) is 4.98 Å². The average Bonchev–Trinajstić information content (AvgIpc) is 3.04. The van der Waals surface area contributed by atoms with Crippen LogP contribution in [0.4, 0.5) is 0 Å². The van der Waals surface area contributed by atoms with Crippen LogP contribution in [0.15, 0.2) is 6.07 Å². The molecule has 0 spiro atoms. The number of rotatable bonds is 5. The summed E-state index contributed by atoms with van der Waals surface area (Å²) in [5.41, 5.74) is 2.00. The third-order valence-corrected chi connectivity index (χ3v) is 5.90. The van der Waals surface area contributed by atoms with Crippen LogP contribution in [0.5, 0.6) is 5.88 Å². The molecule has 6 heteroatoms. The standard InChI is InChI=1S/C19H25N3O3/c1-19(7-8-19)18(24)20-10-12-9-14-15(21-16(12)25-2)11-22(17(14)23)13-5-3-4-6-13/h9,13H,3-8,10-11H2,1-2H3,(H,20,24). The SMILES string of the molecule is COc1nc2c(cc1CNC(=O)C1(C)CC1)C(=O)N(C1CCCC1)C2. The lowest BCUT2D eigenvalue weighted by molar-refractivity contribution is -0.125. The molecule has 2 fully saturated rings. The Morgan fingerprint density at radius 2 is 2.12 bits per heavy atom. The summed E-state index contributed by atoms with van der Waals surface area (Å²) in [6.45, 7) is 2.89. The fourth-order valence-corrected chi connectivity index (χ4v) is 3.89. The van der Waals surface area contributed by atoms with Crippen LogP contribution < -0.4 is 10.1 Å². The zero-order valence-electron chi connectivity index (χ0n) is 14.9. The maximum atomic E-state index is 12.8. The van der Waals surface area contributed by atoms with Crippen molar-refractivity contribution in [3.05, 3.63) is 22.9 Å². The molecular formula is C19H25N3O3. The Morgan fingerprint density at radius 3 is 2.76 bits per heavy atom. The fourth-order valence-electron chi connectivity index (χ4n) is 3.89. The van der Waals surface area contributed by atoms with E-state index in [2.05, 4.69) is 10.3 Å². The van der Waals surface area contributed by atoms with E-state index in [4.69, 9.17) is 4.74 Å². The van der Waals surface area contributed by atoms with Gasteiger partial charge >= 0.3 is 0 Å². The molecule has 0 saturated heterocycles. The molecule has 1 aromatic heterocycles. The Balaban J connectivity index is 1.54. The van der Waals surface area contributed by atoms with Gasteiger partial charge in [0.05, 0.1) is 24.9 Å². The molecule has 25 heavy (non-hydrogen) atoms. The molecule has 2 aliphatic carbocycles. The van der Waals surface area contributed by atoms with Crippen LogP contribution in [0.2, 0.25) is 0 Å². The Kier molecular flexibility index (Phi) is 3.93. The number of pyridine rings is 1. The van der Waals surface area contributed by atoms with Crippen molar-refractivity contribution < 1.29 is 14.3 Å². The first kappa shape index (κ1) is 16.4. The molecule has 0 atom stereocenters. The molecule has 1 aliphatic heterocycles. The molecule has 2 amide bonds. The molecule has 0 unspecified atom stereocenters. The maximum Gasteiger partial charge on any atom is 0.256 e. The minimum atomic E-state index is -0.216. The molecule has 4 rings (SSSR count). The van der Waals surface area contributed by atoms with Crippen molar-refractivity contribution >= 4 is 11.8 Å². The molecule has 1 aromatic rings. The van der Waals surface area contributed by atoms with Crippen LogP contribution in [-0.4, -0.2) is 34.8 Å². The molecule has 2 heterocycles. The number of aromatic nitrogens is 1. The number of carbonyl (C=O) groups excluding carboxylic acids is 2. The Hall–Kier alpha value is -2.11. The van der Waals surface area contributed by atoms with E-state index in [1.165, 1.54) is 12.8 Å². The number of hydrogen-bond acceptors (Lipinski definition) is 4. The van der Waals surface area contributed by atoms with Crippen LogP contribution in [0.1, 0.15) is 67.1 Å². The average molecular weight is 343 g/mol. The third-order valence-electron chi connectivity index (χ3n) is 5.90. The van der Waals surface area contributed by atoms with Crippen LogP contribution in [0.3, 0.4) is 0 Å². The number of carbonyl (C=O) groups is 2. The summed E-state index contributed by atoms with van der Waals surface area (Å²) < 4.78 is 5.41. The van der Waals surface area contributed by atoms with Gasteiger partial charge in [-0.15, -0.1) is 0 Å². The van der Waals surface area contributed by atoms with Gasteiger partial charge in [-0.2, -0.15) is 0 Å². The Morgan fingerprint density at radius 1 is 1.40 bits per heavy atom. The van der Waals surface area contributed by atoms with Gasteiger partial charge in [0.15, 0.2) is 0 Å². The van der Waals surface area contributed by atoms with Gasteiger partial charge in [0.1, 0.15) is 0 Å². The van der Waals surface area contributed by atoms with Crippen LogP contribution in [0, 0.1) is 5.41 Å². The van der Waals surface area contributed by atoms with E-state index in [1.807, 2.05) is 17.9 Å². The number of hydrogen-bond donors (Lipinski definition) is 1. The van der Waals surface area contributed by atoms with Gasteiger partial charge in [0.25, 0.3) is 5.91 Å². The zero-order valence-corrected chi connectivity index (χ0v) is 14.9. The summed E-state index contributed by atoms with van der Waals surface area (Å²) in [5, 5.41) is 2.96. The Bertz CT molecular complexity index is 721. The molecule has 0 radical (unpaired) electrons. The highest BCUT2D eigenvalue weighted by Gasteiger charge is 2.44. The molecular weight excluding hydrogens is 318 g/mol. The first-order valence-electron chi connectivity index (χ1n) is 9.18. The van der Waals surface area contributed by atoms with Crippen molar-refractivity contribution in [2.45, 2.75) is 64.6 Å². The smallest absolute Gasteiger partial charge is 0.256 e. The summed E-state index contributed by atoms with van der Waals surface area (Å²) in [7, 11) is 1.58. The minimum Gasteiger partial charge on any atom is -0.481 e. The van der Waals surface area contributed by atoms with Gasteiger partial charge in [-0.1, -0.05) is 19.8 Å². The second-order valence-electron chi connectivity index (χ2n) is 7.77. The van der Waals surface area contributed by atoms with E-state index in [0.717, 1.165) is 36.9 Å². The highest BCUT2D eigenvalue weighted by Crippen LogP contribution is 2.45. The van der Waals surface area contributed by atoms with Gasteiger partial charge in [-0.05, 0) is 31.7 Å². The van der Waals surface area contributed by atoms with Crippen LogP contribution >= 0.6 is 0 Å². The van der Waals surface area contributed by atoms with Gasteiger partial charge in [-0.3, -0.25) is 9.59 Å². The predicted molar refractivity (Wildman–Crippen MR) is 92.1 cm³/mol. The molecule has 0 bridgehead atoms. The lowest BCUT2D eigenvalue weighted by Crippen LogP contribution is -2.33. The van der Waals surface area contributed by atoms with E-state index in [-0.39, 0.29) is 17.2 Å². The summed E-state index contributed by atoms with van der Waals surface area (Å²) in [5.74, 6) is 0.633. The highest BCUT2D eigenvalue weighted by atomic mass is 16.5. The number of nitrogens with one attached hydrogen (secondary N) is 1. The van der Waals surface area contributed by atoms with Crippen LogP contribution in [0.25, 0.3) is 0 Å². The van der Waals surface area contributed by atoms with E-state index in [9.17, 15) is 9.59 Å². The number of methoxy groups -OCH3 is 1. The van der Waals surface area contributed by atoms with Crippen molar-refractivity contribution in [2.24, 2.45) is 5.41 Å². The van der Waals surface area contributed by atoms with Crippen molar-refractivity contribution in [3.63, 3.8) is 0 Å². The molecule has 6 nitrogen and oxygen atoms in total. The topological polar surface area (TPSA) is 71.5 Å². The number of amides is 2. The van der Waals surface area contributed by atoms with Crippen molar-refractivity contribution in [1.29, 1.82) is 0 Å². The minimum absolute atomic E-state index is 0.0639. The van der Waals surface area contributed by atoms with Crippen LogP contribution in [-0.2, 0) is 17.9 Å². The summed E-state index contributed by atoms with van der Waals surface area (Å²) >= 11 is 0. The number of nitrogens with zero attached hydrogens (tertiary/aromatic N) is 2. The summed E-state index contributed by atoms with van der Waals surface area (Å²) in [4.78, 5) is 31.5. The predicted octanol–water partition coefficient (Wildman–Crippen LogP) is 2.40. The van der Waals surface area contributed by atoms with E-state index in [0.29, 0.717) is 30.6 Å². The van der Waals surface area contributed by atoms with Gasteiger partial charge in [0, 0.05) is 23.6 Å². The quantitative estimate of drug-likeness (QED) is 0.891. The zero-order chi connectivity index (χ0) is 17.6. The second-order valence-corrected chi connectivity index (χ2v) is 7.77. The second kappa shape index (κ2) is 6.00. The molecule has 2 saturated carbocycles. The lowest BCUT2D eigenvalue weighted by atomic mass is 10.1. The summed E-state index contributed by atoms with van der Waals surface area (Å²) in [6.07, 6.45) is 6.42. The van der Waals surface area contributed by atoms with Crippen molar-refractivity contribution in [1.82, 2.24) is 15.2 Å². The normalized spacial score (nSPS) is 21.4. The van der Waals surface area contributed by atoms with Gasteiger partial charge in [0.2, 0.25) is 11.8 Å². The number of fused-ring (bicyclic) bond motifs is 1. The lowest BCUT2D eigenvalue weighted by Gasteiger charge is -2.22. The first-order chi connectivity index (χ1) is 12.0.